The quantitative estimate of drug-likeness (QED) is 0.755. The summed E-state index contributed by atoms with van der Waals surface area (Å²) in [5, 5.41) is 5.41. The molecule has 0 radical (unpaired) electrons. The molecule has 1 aromatic carbocycles. The molecule has 3 rings (SSSR count). The number of piperazine rings is 1. The largest absolute Gasteiger partial charge is 0.348 e. The van der Waals surface area contributed by atoms with Crippen molar-refractivity contribution in [1.82, 2.24) is 15.1 Å². The maximum absolute atomic E-state index is 12.9. The van der Waals surface area contributed by atoms with Crippen molar-refractivity contribution in [2.75, 3.05) is 32.7 Å². The molecule has 1 amide bonds. The first-order chi connectivity index (χ1) is 13.8. The molecule has 1 aromatic heterocycles. The van der Waals surface area contributed by atoms with Crippen molar-refractivity contribution in [2.45, 2.75) is 52.1 Å². The molecule has 0 unspecified atom stereocenters. The smallest absolute Gasteiger partial charge is 0.251 e. The summed E-state index contributed by atoms with van der Waals surface area (Å²) in [6.07, 6.45) is 0. The highest BCUT2D eigenvalue weighted by Gasteiger charge is 2.30. The SMILES string of the molecule is CCN1CCN([C@@H](c2cccs2)[C@H](C)NC(=O)c2ccc(C(C)(C)C)cc2)CC1. The number of rotatable bonds is 6. The zero-order valence-electron chi connectivity index (χ0n) is 18.4. The Morgan fingerprint density at radius 3 is 2.28 bits per heavy atom. The van der Waals surface area contributed by atoms with Crippen LogP contribution < -0.4 is 5.32 Å². The number of amides is 1. The Balaban J connectivity index is 1.71. The maximum Gasteiger partial charge on any atom is 0.251 e. The predicted molar refractivity (Wildman–Crippen MR) is 123 cm³/mol. The Bertz CT molecular complexity index is 771. The van der Waals surface area contributed by atoms with Crippen LogP contribution in [0.15, 0.2) is 41.8 Å². The molecule has 2 heterocycles. The van der Waals surface area contributed by atoms with Crippen LogP contribution >= 0.6 is 11.3 Å². The van der Waals surface area contributed by atoms with Gasteiger partial charge in [-0.2, -0.15) is 0 Å². The highest BCUT2D eigenvalue weighted by Crippen LogP contribution is 2.29. The normalized spacial score (nSPS) is 18.4. The van der Waals surface area contributed by atoms with Gasteiger partial charge < -0.3 is 10.2 Å². The second kappa shape index (κ2) is 9.41. The number of benzene rings is 1. The van der Waals surface area contributed by atoms with Crippen LogP contribution in [-0.2, 0) is 5.41 Å². The van der Waals surface area contributed by atoms with Crippen molar-refractivity contribution >= 4 is 17.2 Å². The molecule has 0 aliphatic carbocycles. The van der Waals surface area contributed by atoms with E-state index in [-0.39, 0.29) is 23.4 Å². The summed E-state index contributed by atoms with van der Waals surface area (Å²) in [5.41, 5.74) is 2.06. The fraction of sp³-hybridized carbons (Fsp3) is 0.542. The van der Waals surface area contributed by atoms with E-state index in [1.165, 1.54) is 10.4 Å². The molecule has 29 heavy (non-hydrogen) atoms. The average Bonchev–Trinajstić information content (AvgIpc) is 3.22. The van der Waals surface area contributed by atoms with Gasteiger partial charge >= 0.3 is 0 Å². The summed E-state index contributed by atoms with van der Waals surface area (Å²) in [5.74, 6) is 0.00621. The van der Waals surface area contributed by atoms with Crippen LogP contribution in [-0.4, -0.2) is 54.5 Å². The van der Waals surface area contributed by atoms with Gasteiger partial charge in [0, 0.05) is 42.7 Å². The first kappa shape index (κ1) is 22.0. The summed E-state index contributed by atoms with van der Waals surface area (Å²) in [4.78, 5) is 19.3. The van der Waals surface area contributed by atoms with Gasteiger partial charge in [0.25, 0.3) is 5.91 Å². The summed E-state index contributed by atoms with van der Waals surface area (Å²) < 4.78 is 0. The predicted octanol–water partition coefficient (Wildman–Crippen LogP) is 4.54. The number of thiophene rings is 1. The highest BCUT2D eigenvalue weighted by atomic mass is 32.1. The molecule has 1 N–H and O–H groups in total. The summed E-state index contributed by atoms with van der Waals surface area (Å²) >= 11 is 1.78. The first-order valence-electron chi connectivity index (χ1n) is 10.7. The van der Waals surface area contributed by atoms with Gasteiger partial charge in [-0.3, -0.25) is 9.69 Å². The van der Waals surface area contributed by atoms with Crippen LogP contribution in [0.25, 0.3) is 0 Å². The van der Waals surface area contributed by atoms with Crippen LogP contribution in [0, 0.1) is 0 Å². The number of nitrogens with one attached hydrogen (secondary N) is 1. The molecule has 0 saturated carbocycles. The molecule has 0 bridgehead atoms. The molecular weight excluding hydrogens is 378 g/mol. The molecule has 158 valence electrons. The zero-order chi connectivity index (χ0) is 21.0. The zero-order valence-corrected chi connectivity index (χ0v) is 19.3. The number of carbonyl (C=O) groups excluding carboxylic acids is 1. The van der Waals surface area contributed by atoms with Gasteiger partial charge in [0.2, 0.25) is 0 Å². The Morgan fingerprint density at radius 2 is 1.76 bits per heavy atom. The third-order valence-electron chi connectivity index (χ3n) is 5.93. The van der Waals surface area contributed by atoms with Crippen molar-refractivity contribution in [3.63, 3.8) is 0 Å². The van der Waals surface area contributed by atoms with E-state index in [9.17, 15) is 4.79 Å². The Morgan fingerprint density at radius 1 is 1.10 bits per heavy atom. The average molecular weight is 414 g/mol. The molecule has 2 aromatic rings. The Kier molecular flexibility index (Phi) is 7.14. The minimum atomic E-state index is 0.00621. The van der Waals surface area contributed by atoms with Crippen LogP contribution in [0.4, 0.5) is 0 Å². The van der Waals surface area contributed by atoms with Crippen LogP contribution in [0.2, 0.25) is 0 Å². The lowest BCUT2D eigenvalue weighted by atomic mass is 9.86. The fourth-order valence-corrected chi connectivity index (χ4v) is 5.01. The highest BCUT2D eigenvalue weighted by molar-refractivity contribution is 7.10. The van der Waals surface area contributed by atoms with E-state index in [0.29, 0.717) is 0 Å². The van der Waals surface area contributed by atoms with E-state index < -0.39 is 0 Å². The maximum atomic E-state index is 12.9. The van der Waals surface area contributed by atoms with Crippen LogP contribution in [0.1, 0.15) is 61.5 Å². The lowest BCUT2D eigenvalue weighted by molar-refractivity contribution is 0.0753. The molecule has 4 nitrogen and oxygen atoms in total. The summed E-state index contributed by atoms with van der Waals surface area (Å²) in [7, 11) is 0. The second-order valence-corrected chi connectivity index (χ2v) is 10.00. The van der Waals surface area contributed by atoms with Gasteiger partial charge in [-0.25, -0.2) is 0 Å². The number of hydrogen-bond acceptors (Lipinski definition) is 4. The van der Waals surface area contributed by atoms with Crippen molar-refractivity contribution < 1.29 is 4.79 Å². The Hall–Kier alpha value is -1.69. The minimum Gasteiger partial charge on any atom is -0.348 e. The molecule has 1 saturated heterocycles. The summed E-state index contributed by atoms with van der Waals surface area (Å²) in [6.45, 7) is 16.3. The molecule has 1 aliphatic rings. The molecule has 1 fully saturated rings. The third-order valence-corrected chi connectivity index (χ3v) is 6.87. The molecular formula is C24H35N3OS. The Labute approximate surface area is 179 Å². The van der Waals surface area contributed by atoms with Gasteiger partial charge in [-0.1, -0.05) is 45.9 Å². The number of likely N-dealkylation sites (N-methyl/N-ethyl adjacent to an activating group) is 1. The van der Waals surface area contributed by atoms with E-state index in [4.69, 9.17) is 0 Å². The van der Waals surface area contributed by atoms with Gasteiger partial charge in [-0.05, 0) is 48.0 Å². The monoisotopic (exact) mass is 413 g/mol. The lowest BCUT2D eigenvalue weighted by Crippen LogP contribution is -2.52. The molecule has 2 atom stereocenters. The lowest BCUT2D eigenvalue weighted by Gasteiger charge is -2.41. The minimum absolute atomic E-state index is 0.00621. The van der Waals surface area contributed by atoms with Gasteiger partial charge in [0.15, 0.2) is 0 Å². The molecule has 0 spiro atoms. The van der Waals surface area contributed by atoms with E-state index >= 15 is 0 Å². The van der Waals surface area contributed by atoms with Crippen LogP contribution in [0.3, 0.4) is 0 Å². The van der Waals surface area contributed by atoms with E-state index in [1.54, 1.807) is 11.3 Å². The number of nitrogens with zero attached hydrogens (tertiary/aromatic N) is 2. The van der Waals surface area contributed by atoms with Crippen molar-refractivity contribution in [3.8, 4) is 0 Å². The van der Waals surface area contributed by atoms with Crippen molar-refractivity contribution in [1.29, 1.82) is 0 Å². The fourth-order valence-electron chi connectivity index (χ4n) is 4.05. The number of hydrogen-bond donors (Lipinski definition) is 1. The topological polar surface area (TPSA) is 35.6 Å². The van der Waals surface area contributed by atoms with Gasteiger partial charge in [0.1, 0.15) is 0 Å². The van der Waals surface area contributed by atoms with Gasteiger partial charge in [-0.15, -0.1) is 11.3 Å². The summed E-state index contributed by atoms with van der Waals surface area (Å²) in [6, 6.07) is 12.6. The van der Waals surface area contributed by atoms with Crippen LogP contribution in [0.5, 0.6) is 0 Å². The van der Waals surface area contributed by atoms with E-state index in [1.807, 2.05) is 12.1 Å². The first-order valence-corrected chi connectivity index (χ1v) is 11.6. The van der Waals surface area contributed by atoms with Gasteiger partial charge in [0.05, 0.1) is 6.04 Å². The third kappa shape index (κ3) is 5.47. The standard InChI is InChI=1S/C24H35N3OS/c1-6-26-13-15-27(16-14-26)22(21-8-7-17-29-21)18(2)25-23(28)19-9-11-20(12-10-19)24(3,4)5/h7-12,17-18,22H,6,13-16H2,1-5H3,(H,25,28)/t18-,22+/m0/s1. The van der Waals surface area contributed by atoms with Crippen molar-refractivity contribution in [2.24, 2.45) is 0 Å². The van der Waals surface area contributed by atoms with E-state index in [0.717, 1.165) is 38.3 Å². The molecule has 5 heteroatoms. The van der Waals surface area contributed by atoms with Crippen molar-refractivity contribution in [3.05, 3.63) is 57.8 Å². The number of carbonyl (C=O) groups is 1. The van der Waals surface area contributed by atoms with E-state index in [2.05, 4.69) is 79.4 Å². The molecule has 1 aliphatic heterocycles. The second-order valence-electron chi connectivity index (χ2n) is 9.02.